The molecular weight excluding hydrogens is 550 g/mol. The van der Waals surface area contributed by atoms with Crippen LogP contribution in [0.15, 0.2) is 59.2 Å². The minimum atomic E-state index is -0.853. The van der Waals surface area contributed by atoms with Gasteiger partial charge in [-0.15, -0.1) is 0 Å². The van der Waals surface area contributed by atoms with Crippen LogP contribution in [0.2, 0.25) is 5.02 Å². The van der Waals surface area contributed by atoms with Crippen LogP contribution in [0, 0.1) is 25.5 Å². The summed E-state index contributed by atoms with van der Waals surface area (Å²) in [7, 11) is 1.74. The average Bonchev–Trinajstić information content (AvgIpc) is 2.96. The Morgan fingerprint density at radius 2 is 1.90 bits per heavy atom. The fourth-order valence-electron chi connectivity index (χ4n) is 4.99. The molecule has 41 heavy (non-hydrogen) atoms. The Hall–Kier alpha value is -3.69. The number of rotatable bonds is 9. The summed E-state index contributed by atoms with van der Waals surface area (Å²) in [5.74, 6) is -1.58. The number of halogens is 3. The molecule has 4 rings (SSSR count). The first-order valence-electron chi connectivity index (χ1n) is 13.3. The van der Waals surface area contributed by atoms with Gasteiger partial charge in [-0.3, -0.25) is 24.3 Å². The van der Waals surface area contributed by atoms with Crippen molar-refractivity contribution in [2.45, 2.75) is 65.1 Å². The lowest BCUT2D eigenvalue weighted by Gasteiger charge is -2.35. The molecule has 1 fully saturated rings. The van der Waals surface area contributed by atoms with Crippen LogP contribution >= 0.6 is 11.6 Å². The number of aliphatic imine (C=N–C) groups is 1. The van der Waals surface area contributed by atoms with Crippen molar-refractivity contribution in [2.24, 2.45) is 4.99 Å². The summed E-state index contributed by atoms with van der Waals surface area (Å²) in [5.41, 5.74) is 3.00. The molecule has 3 aromatic rings. The number of ether oxygens (including phenoxy) is 2. The van der Waals surface area contributed by atoms with E-state index in [0.29, 0.717) is 28.7 Å². The van der Waals surface area contributed by atoms with E-state index in [0.717, 1.165) is 43.2 Å². The highest BCUT2D eigenvalue weighted by molar-refractivity contribution is 6.31. The largest absolute Gasteiger partial charge is 0.485 e. The Kier molecular flexibility index (Phi) is 9.50. The number of hydrogen-bond acceptors (Lipinski definition) is 6. The third-order valence-electron chi connectivity index (χ3n) is 7.45. The van der Waals surface area contributed by atoms with Gasteiger partial charge in [0.05, 0.1) is 17.6 Å². The quantitative estimate of drug-likeness (QED) is 0.199. The predicted molar refractivity (Wildman–Crippen MR) is 157 cm³/mol. The summed E-state index contributed by atoms with van der Waals surface area (Å²) in [6.45, 7) is 9.36. The second-order valence-electron chi connectivity index (χ2n) is 10.1. The van der Waals surface area contributed by atoms with Gasteiger partial charge in [-0.25, -0.2) is 8.78 Å². The molecule has 0 saturated heterocycles. The molecule has 0 aromatic carbocycles. The van der Waals surface area contributed by atoms with Crippen LogP contribution in [-0.4, -0.2) is 33.0 Å². The van der Waals surface area contributed by atoms with E-state index in [1.54, 1.807) is 44.6 Å². The summed E-state index contributed by atoms with van der Waals surface area (Å²) >= 11 is 6.39. The van der Waals surface area contributed by atoms with Crippen molar-refractivity contribution >= 4 is 22.9 Å². The van der Waals surface area contributed by atoms with Gasteiger partial charge in [0.25, 0.3) is 5.56 Å². The molecule has 0 N–H and O–H groups in total. The second-order valence-corrected chi connectivity index (χ2v) is 10.5. The molecular formula is C31H33ClF2N4O3. The van der Waals surface area contributed by atoms with Crippen LogP contribution in [0.4, 0.5) is 8.78 Å². The molecule has 1 aliphatic carbocycles. The summed E-state index contributed by atoms with van der Waals surface area (Å²) in [6.07, 6.45) is 11.4. The number of aromatic nitrogens is 3. The molecule has 1 saturated carbocycles. The molecule has 0 aliphatic heterocycles. The monoisotopic (exact) mass is 582 g/mol. The molecule has 10 heteroatoms. The zero-order valence-electron chi connectivity index (χ0n) is 23.6. The van der Waals surface area contributed by atoms with Crippen LogP contribution in [0.5, 0.6) is 5.75 Å². The Balaban J connectivity index is 1.57. The minimum Gasteiger partial charge on any atom is -0.485 e. The fraction of sp³-hybridized carbons (Fsp3) is 0.355. The van der Waals surface area contributed by atoms with Crippen molar-refractivity contribution < 1.29 is 18.3 Å². The van der Waals surface area contributed by atoms with Crippen LogP contribution in [-0.2, 0) is 11.3 Å². The molecule has 7 nitrogen and oxygen atoms in total. The van der Waals surface area contributed by atoms with Crippen molar-refractivity contribution in [1.82, 2.24) is 14.5 Å². The van der Waals surface area contributed by atoms with Crippen molar-refractivity contribution in [1.29, 1.82) is 0 Å². The van der Waals surface area contributed by atoms with Crippen LogP contribution in [0.3, 0.4) is 0 Å². The predicted octanol–water partition coefficient (Wildman–Crippen LogP) is 7.09. The van der Waals surface area contributed by atoms with E-state index in [4.69, 9.17) is 21.1 Å². The SMILES string of the molecule is C=C(/C=C\N=C(C)C1(OC)CCCCC1)c1cc(-n2c(C)cc(OCc3ncc(F)cc3F)c(Cl)c2=O)c(C)cn1. The number of nitrogens with zero attached hydrogens (tertiary/aromatic N) is 4. The highest BCUT2D eigenvalue weighted by Crippen LogP contribution is 2.33. The fourth-order valence-corrected chi connectivity index (χ4v) is 5.18. The number of methoxy groups -OCH3 is 1. The first-order chi connectivity index (χ1) is 19.6. The topological polar surface area (TPSA) is 78.6 Å². The Bertz CT molecular complexity index is 1580. The Labute approximate surface area is 243 Å². The van der Waals surface area contributed by atoms with Crippen molar-refractivity contribution in [3.05, 3.63) is 99.1 Å². The molecule has 0 amide bonds. The molecule has 3 heterocycles. The summed E-state index contributed by atoms with van der Waals surface area (Å²) in [5, 5.41) is -0.186. The highest BCUT2D eigenvalue weighted by Gasteiger charge is 2.34. The number of allylic oxidation sites excluding steroid dienone is 2. The van der Waals surface area contributed by atoms with Crippen LogP contribution in [0.1, 0.15) is 61.7 Å². The normalized spacial score (nSPS) is 15.3. The van der Waals surface area contributed by atoms with Crippen molar-refractivity contribution in [2.75, 3.05) is 7.11 Å². The van der Waals surface area contributed by atoms with Crippen molar-refractivity contribution in [3.63, 3.8) is 0 Å². The molecule has 0 bridgehead atoms. The number of pyridine rings is 3. The van der Waals surface area contributed by atoms with Crippen LogP contribution < -0.4 is 10.3 Å². The summed E-state index contributed by atoms with van der Waals surface area (Å²) < 4.78 is 40.0. The van der Waals surface area contributed by atoms with Gasteiger partial charge in [0.2, 0.25) is 0 Å². The molecule has 3 aromatic heterocycles. The Morgan fingerprint density at radius 3 is 2.59 bits per heavy atom. The molecule has 216 valence electrons. The maximum absolute atomic E-state index is 14.0. The van der Waals surface area contributed by atoms with E-state index in [-0.39, 0.29) is 28.7 Å². The molecule has 0 radical (unpaired) electrons. The van der Waals surface area contributed by atoms with Gasteiger partial charge < -0.3 is 9.47 Å². The lowest BCUT2D eigenvalue weighted by atomic mass is 9.81. The zero-order valence-corrected chi connectivity index (χ0v) is 24.4. The van der Waals surface area contributed by atoms with E-state index in [9.17, 15) is 13.6 Å². The average molecular weight is 583 g/mol. The van der Waals surface area contributed by atoms with Crippen LogP contribution in [0.25, 0.3) is 11.3 Å². The minimum absolute atomic E-state index is 0.0650. The van der Waals surface area contributed by atoms with Gasteiger partial charge in [-0.05, 0) is 56.9 Å². The maximum atomic E-state index is 14.0. The van der Waals surface area contributed by atoms with Gasteiger partial charge >= 0.3 is 0 Å². The van der Waals surface area contributed by atoms with E-state index in [2.05, 4.69) is 21.5 Å². The maximum Gasteiger partial charge on any atom is 0.277 e. The highest BCUT2D eigenvalue weighted by atomic mass is 35.5. The lowest BCUT2D eigenvalue weighted by Crippen LogP contribution is -2.41. The van der Waals surface area contributed by atoms with E-state index < -0.39 is 17.2 Å². The van der Waals surface area contributed by atoms with Gasteiger partial charge in [0.1, 0.15) is 34.5 Å². The number of hydrogen-bond donors (Lipinski definition) is 0. The van der Waals surface area contributed by atoms with Gasteiger partial charge in [-0.1, -0.05) is 37.4 Å². The molecule has 0 atom stereocenters. The Morgan fingerprint density at radius 1 is 1.17 bits per heavy atom. The standard InChI is InChI=1S/C31H33ClF2N4O3/c1-19(9-12-35-22(4)31(40-5)10-7-6-8-11-31)25-15-27(20(2)16-36-25)38-21(3)13-28(29(32)30(38)39)41-18-26-24(34)14-23(33)17-37-26/h9,12-17H,1,6-8,10-11,18H2,2-5H3/b12-9-,35-22?. The van der Waals surface area contributed by atoms with E-state index in [1.165, 1.54) is 11.0 Å². The first kappa shape index (κ1) is 30.3. The summed E-state index contributed by atoms with van der Waals surface area (Å²) in [4.78, 5) is 26.2. The summed E-state index contributed by atoms with van der Waals surface area (Å²) in [6, 6.07) is 4.05. The third kappa shape index (κ3) is 6.63. The molecule has 0 spiro atoms. The zero-order chi connectivity index (χ0) is 29.7. The third-order valence-corrected chi connectivity index (χ3v) is 7.80. The van der Waals surface area contributed by atoms with E-state index in [1.807, 2.05) is 13.8 Å². The van der Waals surface area contributed by atoms with Crippen molar-refractivity contribution in [3.8, 4) is 11.4 Å². The van der Waals surface area contributed by atoms with E-state index >= 15 is 0 Å². The lowest BCUT2D eigenvalue weighted by molar-refractivity contribution is 0.0188. The molecule has 1 aliphatic rings. The second kappa shape index (κ2) is 12.9. The number of aryl methyl sites for hydroxylation is 2. The van der Waals surface area contributed by atoms with Gasteiger partial charge in [0.15, 0.2) is 5.82 Å². The smallest absolute Gasteiger partial charge is 0.277 e. The van der Waals surface area contributed by atoms with Gasteiger partial charge in [-0.2, -0.15) is 0 Å². The first-order valence-corrected chi connectivity index (χ1v) is 13.7. The molecule has 0 unspecified atom stereocenters. The van der Waals surface area contributed by atoms with Gasteiger partial charge in [0, 0.05) is 43.0 Å².